The molecule has 0 atom stereocenters. The van der Waals surface area contributed by atoms with Gasteiger partial charge in [-0.1, -0.05) is 6.92 Å². The molecule has 1 aromatic heterocycles. The third-order valence-electron chi connectivity index (χ3n) is 2.84. The molecular formula is C10H15NOS. The van der Waals surface area contributed by atoms with Gasteiger partial charge in [0.1, 0.15) is 10.6 Å². The molecule has 0 saturated heterocycles. The average Bonchev–Trinajstić information content (AvgIpc) is 2.52. The average molecular weight is 197 g/mol. The molecule has 1 fully saturated rings. The molecule has 0 radical (unpaired) electrons. The molecule has 0 unspecified atom stereocenters. The van der Waals surface area contributed by atoms with Gasteiger partial charge in [0.05, 0.1) is 0 Å². The predicted molar refractivity (Wildman–Crippen MR) is 54.0 cm³/mol. The first-order chi connectivity index (χ1) is 6.30. The number of thiazole rings is 1. The molecule has 2 rings (SSSR count). The van der Waals surface area contributed by atoms with Crippen molar-refractivity contribution in [1.29, 1.82) is 0 Å². The van der Waals surface area contributed by atoms with Gasteiger partial charge in [0, 0.05) is 18.2 Å². The van der Waals surface area contributed by atoms with E-state index in [1.807, 2.05) is 6.20 Å². The largest absolute Gasteiger partial charge is 0.371 e. The Hall–Kier alpha value is -0.410. The number of methoxy groups -OCH3 is 1. The highest BCUT2D eigenvalue weighted by Gasteiger charge is 2.41. The van der Waals surface area contributed by atoms with Gasteiger partial charge in [-0.3, -0.25) is 0 Å². The first kappa shape index (κ1) is 9.16. The fourth-order valence-corrected chi connectivity index (χ4v) is 2.76. The van der Waals surface area contributed by atoms with Crippen molar-refractivity contribution >= 4 is 11.3 Å². The highest BCUT2D eigenvalue weighted by Crippen LogP contribution is 2.45. The second-order valence-electron chi connectivity index (χ2n) is 3.54. The number of hydrogen-bond donors (Lipinski definition) is 0. The van der Waals surface area contributed by atoms with Crippen LogP contribution in [0.15, 0.2) is 6.20 Å². The van der Waals surface area contributed by atoms with Gasteiger partial charge in [-0.05, 0) is 25.7 Å². The Kier molecular flexibility index (Phi) is 2.39. The van der Waals surface area contributed by atoms with Gasteiger partial charge in [-0.15, -0.1) is 11.3 Å². The first-order valence-electron chi connectivity index (χ1n) is 4.81. The van der Waals surface area contributed by atoms with Crippen LogP contribution in [0.4, 0.5) is 0 Å². The minimum atomic E-state index is -0.0158. The molecule has 1 aliphatic rings. The molecule has 0 aromatic carbocycles. The summed E-state index contributed by atoms with van der Waals surface area (Å²) in [4.78, 5) is 5.81. The van der Waals surface area contributed by atoms with Crippen LogP contribution in [0.3, 0.4) is 0 Å². The molecule has 0 spiro atoms. The molecule has 0 amide bonds. The second-order valence-corrected chi connectivity index (χ2v) is 4.65. The highest BCUT2D eigenvalue weighted by molar-refractivity contribution is 7.11. The number of ether oxygens (including phenoxy) is 1. The van der Waals surface area contributed by atoms with E-state index >= 15 is 0 Å². The van der Waals surface area contributed by atoms with Crippen LogP contribution in [-0.4, -0.2) is 12.1 Å². The first-order valence-corrected chi connectivity index (χ1v) is 5.63. The van der Waals surface area contributed by atoms with Crippen LogP contribution >= 0.6 is 11.3 Å². The summed E-state index contributed by atoms with van der Waals surface area (Å²) in [6.45, 7) is 2.16. The van der Waals surface area contributed by atoms with Crippen molar-refractivity contribution in [2.45, 2.75) is 38.2 Å². The van der Waals surface area contributed by atoms with Crippen LogP contribution in [0, 0.1) is 0 Å². The van der Waals surface area contributed by atoms with Crippen LogP contribution in [0.1, 0.15) is 36.1 Å². The Morgan fingerprint density at radius 1 is 1.62 bits per heavy atom. The van der Waals surface area contributed by atoms with Crippen LogP contribution in [0.25, 0.3) is 0 Å². The Bertz CT molecular complexity index is 285. The maximum atomic E-state index is 5.57. The van der Waals surface area contributed by atoms with Gasteiger partial charge in [-0.25, -0.2) is 4.98 Å². The lowest BCUT2D eigenvalue weighted by Crippen LogP contribution is -2.35. The Morgan fingerprint density at radius 2 is 2.38 bits per heavy atom. The van der Waals surface area contributed by atoms with E-state index in [9.17, 15) is 0 Å². The van der Waals surface area contributed by atoms with Gasteiger partial charge in [-0.2, -0.15) is 0 Å². The lowest BCUT2D eigenvalue weighted by Gasteiger charge is -2.38. The molecule has 72 valence electrons. The van der Waals surface area contributed by atoms with E-state index in [-0.39, 0.29) is 5.60 Å². The predicted octanol–water partition coefficient (Wildman–Crippen LogP) is 2.73. The summed E-state index contributed by atoms with van der Waals surface area (Å²) in [5, 5.41) is 1.18. The molecular weight excluding hydrogens is 182 g/mol. The van der Waals surface area contributed by atoms with E-state index in [4.69, 9.17) is 4.74 Å². The number of aromatic nitrogens is 1. The van der Waals surface area contributed by atoms with Gasteiger partial charge < -0.3 is 4.74 Å². The van der Waals surface area contributed by atoms with Gasteiger partial charge in [0.25, 0.3) is 0 Å². The van der Waals surface area contributed by atoms with Crippen LogP contribution in [-0.2, 0) is 16.8 Å². The summed E-state index contributed by atoms with van der Waals surface area (Å²) in [6, 6.07) is 0. The number of rotatable bonds is 3. The molecule has 1 heterocycles. The van der Waals surface area contributed by atoms with Crippen molar-refractivity contribution in [2.75, 3.05) is 7.11 Å². The van der Waals surface area contributed by atoms with Crippen molar-refractivity contribution in [3.8, 4) is 0 Å². The van der Waals surface area contributed by atoms with E-state index in [0.29, 0.717) is 0 Å². The lowest BCUT2D eigenvalue weighted by molar-refractivity contribution is -0.0779. The van der Waals surface area contributed by atoms with Crippen molar-refractivity contribution in [3.05, 3.63) is 16.1 Å². The van der Waals surface area contributed by atoms with E-state index in [0.717, 1.165) is 19.3 Å². The standard InChI is InChI=1S/C10H15NOS/c1-3-8-7-11-9(13-8)10(12-2)5-4-6-10/h7H,3-6H2,1-2H3. The molecule has 1 aromatic rings. The number of nitrogens with zero attached hydrogens (tertiary/aromatic N) is 1. The van der Waals surface area contributed by atoms with Crippen LogP contribution < -0.4 is 0 Å². The molecule has 0 aliphatic heterocycles. The monoisotopic (exact) mass is 197 g/mol. The van der Waals surface area contributed by atoms with E-state index < -0.39 is 0 Å². The zero-order valence-corrected chi connectivity index (χ0v) is 8.99. The highest BCUT2D eigenvalue weighted by atomic mass is 32.1. The third-order valence-corrected chi connectivity index (χ3v) is 4.17. The summed E-state index contributed by atoms with van der Waals surface area (Å²) in [5.74, 6) is 0. The third kappa shape index (κ3) is 1.40. The maximum absolute atomic E-state index is 5.57. The lowest BCUT2D eigenvalue weighted by atomic mass is 9.80. The molecule has 1 aliphatic carbocycles. The van der Waals surface area contributed by atoms with Crippen molar-refractivity contribution < 1.29 is 4.74 Å². The summed E-state index contributed by atoms with van der Waals surface area (Å²) in [7, 11) is 1.80. The van der Waals surface area contributed by atoms with Crippen molar-refractivity contribution in [3.63, 3.8) is 0 Å². The normalized spacial score (nSPS) is 19.8. The minimum absolute atomic E-state index is 0.0158. The quantitative estimate of drug-likeness (QED) is 0.743. The summed E-state index contributed by atoms with van der Waals surface area (Å²) in [6.07, 6.45) is 6.62. The van der Waals surface area contributed by atoms with Crippen LogP contribution in [0.2, 0.25) is 0 Å². The summed E-state index contributed by atoms with van der Waals surface area (Å²) in [5.41, 5.74) is -0.0158. The molecule has 2 nitrogen and oxygen atoms in total. The minimum Gasteiger partial charge on any atom is -0.371 e. The van der Waals surface area contributed by atoms with Crippen molar-refractivity contribution in [2.24, 2.45) is 0 Å². The zero-order valence-electron chi connectivity index (χ0n) is 8.17. The van der Waals surface area contributed by atoms with E-state index in [1.54, 1.807) is 18.4 Å². The van der Waals surface area contributed by atoms with E-state index in [2.05, 4.69) is 11.9 Å². The molecule has 0 N–H and O–H groups in total. The van der Waals surface area contributed by atoms with Crippen molar-refractivity contribution in [1.82, 2.24) is 4.98 Å². The molecule has 1 saturated carbocycles. The number of aryl methyl sites for hydroxylation is 1. The second kappa shape index (κ2) is 3.39. The topological polar surface area (TPSA) is 22.1 Å². The SMILES string of the molecule is CCc1cnc(C2(OC)CCC2)s1. The van der Waals surface area contributed by atoms with Crippen LogP contribution in [0.5, 0.6) is 0 Å². The Labute approximate surface area is 83.0 Å². The zero-order chi connectivity index (χ0) is 9.31. The van der Waals surface area contributed by atoms with Gasteiger partial charge in [0.2, 0.25) is 0 Å². The summed E-state index contributed by atoms with van der Waals surface area (Å²) < 4.78 is 5.57. The van der Waals surface area contributed by atoms with Gasteiger partial charge >= 0.3 is 0 Å². The molecule has 0 bridgehead atoms. The number of hydrogen-bond acceptors (Lipinski definition) is 3. The Balaban J connectivity index is 2.23. The maximum Gasteiger partial charge on any atom is 0.125 e. The summed E-state index contributed by atoms with van der Waals surface area (Å²) >= 11 is 1.80. The molecule has 13 heavy (non-hydrogen) atoms. The Morgan fingerprint density at radius 3 is 2.77 bits per heavy atom. The fourth-order valence-electron chi connectivity index (χ4n) is 1.68. The van der Waals surface area contributed by atoms with Gasteiger partial charge in [0.15, 0.2) is 0 Å². The smallest absolute Gasteiger partial charge is 0.125 e. The fraction of sp³-hybridized carbons (Fsp3) is 0.700. The van der Waals surface area contributed by atoms with E-state index in [1.165, 1.54) is 16.3 Å². The molecule has 3 heteroatoms.